The fraction of sp³-hybridized carbons (Fsp3) is 0.933. The number of hydrogen-bond acceptors (Lipinski definition) is 2. The molecule has 0 spiro atoms. The van der Waals surface area contributed by atoms with Crippen molar-refractivity contribution in [3.8, 4) is 0 Å². The molecule has 0 radical (unpaired) electrons. The van der Waals surface area contributed by atoms with Gasteiger partial charge in [-0.1, -0.05) is 106 Å². The van der Waals surface area contributed by atoms with Gasteiger partial charge in [-0.3, -0.25) is 5.32 Å². The van der Waals surface area contributed by atoms with E-state index in [1.54, 1.807) is 0 Å². The SMILES string of the molecule is CC(C)N=C([N-]C(C)C)N([Si](C)(C)C)[Si](C)(C)C.CC(C)[N-]C(=[NH+]C(C)C)N([Si](C)(C)C)[Si](C)(C)C.CCOCC.[Sr+2]. The molecule has 0 aliphatic carbocycles. The molecule has 0 aromatic carbocycles. The van der Waals surface area contributed by atoms with E-state index in [4.69, 9.17) is 20.4 Å². The van der Waals surface area contributed by atoms with Crippen LogP contribution in [0, 0.1) is 0 Å². The minimum Gasteiger partial charge on any atom is -0.450 e. The molecule has 0 saturated carbocycles. The zero-order valence-electron chi connectivity index (χ0n) is 32.6. The van der Waals surface area contributed by atoms with Crippen molar-refractivity contribution in [2.45, 2.75) is 172 Å². The van der Waals surface area contributed by atoms with Crippen LogP contribution in [-0.4, -0.2) is 136 Å². The first kappa shape index (κ1) is 49.7. The molecule has 12 heteroatoms. The van der Waals surface area contributed by atoms with Crippen molar-refractivity contribution in [2.75, 3.05) is 13.2 Å². The zero-order valence-corrected chi connectivity index (χ0v) is 40.1. The van der Waals surface area contributed by atoms with E-state index in [9.17, 15) is 0 Å². The van der Waals surface area contributed by atoms with Crippen molar-refractivity contribution in [1.29, 1.82) is 0 Å². The topological polar surface area (TPSA) is 70.2 Å². The summed E-state index contributed by atoms with van der Waals surface area (Å²) >= 11 is 0. The van der Waals surface area contributed by atoms with Crippen molar-refractivity contribution < 1.29 is 9.73 Å². The third-order valence-electron chi connectivity index (χ3n) is 5.05. The Balaban J connectivity index is -0.000000290. The van der Waals surface area contributed by atoms with Gasteiger partial charge in [-0.15, -0.1) is 0 Å². The summed E-state index contributed by atoms with van der Waals surface area (Å²) < 4.78 is 10.1. The molecule has 0 aliphatic heterocycles. The van der Waals surface area contributed by atoms with Crippen LogP contribution >= 0.6 is 0 Å². The second-order valence-corrected chi connectivity index (χ2v) is 35.8. The molecule has 0 aromatic rings. The Hall–Kier alpha value is 0.848. The Morgan fingerprint density at radius 3 is 1.14 bits per heavy atom. The molecule has 42 heavy (non-hydrogen) atoms. The van der Waals surface area contributed by atoms with Crippen LogP contribution in [0.15, 0.2) is 4.99 Å². The van der Waals surface area contributed by atoms with Gasteiger partial charge >= 0.3 is 45.5 Å². The largest absolute Gasteiger partial charge is 2.00 e. The van der Waals surface area contributed by atoms with E-state index in [-0.39, 0.29) is 45.5 Å². The van der Waals surface area contributed by atoms with Crippen molar-refractivity contribution in [3.63, 3.8) is 0 Å². The standard InChI is InChI=1S/2C13H32N3Si2.C4H10O.Sr/c2*1-11(2)14-13(15-12(3)4)16(17(5,6)7)18(8,9)10;1-3-5-4-2;/h2*11-12H,1-10H3;3-4H2,1-2H3;/q2*-1;;+2/p+1. The maximum atomic E-state index is 4.85. The molecule has 0 fully saturated rings. The minimum absolute atomic E-state index is 0. The van der Waals surface area contributed by atoms with Gasteiger partial charge in [-0.05, 0) is 53.6 Å². The minimum atomic E-state index is -1.45. The Morgan fingerprint density at radius 2 is 0.952 bits per heavy atom. The van der Waals surface area contributed by atoms with Crippen LogP contribution in [0.2, 0.25) is 78.6 Å². The fourth-order valence-electron chi connectivity index (χ4n) is 4.73. The van der Waals surface area contributed by atoms with E-state index in [2.05, 4.69) is 147 Å². The smallest absolute Gasteiger partial charge is 0.450 e. The molecular weight excluding hydrogens is 660 g/mol. The number of rotatable bonds is 10. The van der Waals surface area contributed by atoms with Crippen LogP contribution in [0.4, 0.5) is 0 Å². The van der Waals surface area contributed by atoms with Crippen molar-refractivity contribution in [3.05, 3.63) is 10.6 Å². The first-order valence-corrected chi connectivity index (χ1v) is 29.7. The number of hydrogen-bond donors (Lipinski definition) is 1. The van der Waals surface area contributed by atoms with Crippen LogP contribution in [0.25, 0.3) is 10.6 Å². The monoisotopic (exact) mass is 735 g/mol. The van der Waals surface area contributed by atoms with Crippen LogP contribution in [0.1, 0.15) is 69.2 Å². The number of nitrogens with one attached hydrogen (secondary N) is 1. The van der Waals surface area contributed by atoms with Gasteiger partial charge < -0.3 is 28.5 Å². The Kier molecular flexibility index (Phi) is 26.5. The molecule has 0 saturated heterocycles. The van der Waals surface area contributed by atoms with E-state index in [0.717, 1.165) is 25.1 Å². The van der Waals surface area contributed by atoms with Crippen LogP contribution in [-0.2, 0) is 4.74 Å². The maximum Gasteiger partial charge on any atom is 2.00 e. The van der Waals surface area contributed by atoms with Crippen molar-refractivity contribution in [1.82, 2.24) is 8.46 Å². The Labute approximate surface area is 306 Å². The van der Waals surface area contributed by atoms with Crippen LogP contribution < -0.4 is 4.99 Å². The van der Waals surface area contributed by atoms with Crippen LogP contribution in [0.3, 0.4) is 0 Å². The summed E-state index contributed by atoms with van der Waals surface area (Å²) in [5, 5.41) is 9.65. The van der Waals surface area contributed by atoms with Gasteiger partial charge in [-0.2, -0.15) is 0 Å². The van der Waals surface area contributed by atoms with E-state index >= 15 is 0 Å². The molecule has 0 amide bonds. The average Bonchev–Trinajstić information content (AvgIpc) is 2.62. The predicted molar refractivity (Wildman–Crippen MR) is 206 cm³/mol. The summed E-state index contributed by atoms with van der Waals surface area (Å²) in [6.07, 6.45) is 0. The molecule has 0 atom stereocenters. The molecule has 0 aliphatic rings. The number of guanidine groups is 2. The van der Waals surface area contributed by atoms with E-state index in [1.807, 2.05) is 13.8 Å². The van der Waals surface area contributed by atoms with Crippen molar-refractivity contribution in [2.24, 2.45) is 4.99 Å². The Bertz CT molecular complexity index is 661. The van der Waals surface area contributed by atoms with Gasteiger partial charge in [0, 0.05) is 31.3 Å². The number of nitrogens with zero attached hydrogens (tertiary/aromatic N) is 5. The predicted octanol–water partition coefficient (Wildman–Crippen LogP) is 7.75. The summed E-state index contributed by atoms with van der Waals surface area (Å²) in [5.41, 5.74) is 0. The van der Waals surface area contributed by atoms with Crippen LogP contribution in [0.5, 0.6) is 0 Å². The first-order valence-electron chi connectivity index (χ1n) is 15.9. The van der Waals surface area contributed by atoms with Gasteiger partial charge in [0.2, 0.25) is 0 Å². The number of ether oxygens (including phenoxy) is 1. The van der Waals surface area contributed by atoms with Gasteiger partial charge in [-0.25, -0.2) is 0 Å². The molecule has 7 nitrogen and oxygen atoms in total. The molecule has 1 N–H and O–H groups in total. The van der Waals surface area contributed by atoms with Gasteiger partial charge in [0.15, 0.2) is 5.96 Å². The molecular formula is C30H75N6OSi4Sr+. The second-order valence-electron chi connectivity index (χ2n) is 15.7. The van der Waals surface area contributed by atoms with Crippen molar-refractivity contribution >= 4 is 90.3 Å². The van der Waals surface area contributed by atoms with E-state index < -0.39 is 32.9 Å². The molecule has 0 bridgehead atoms. The fourth-order valence-corrected chi connectivity index (χ4v) is 23.8. The van der Waals surface area contributed by atoms with Gasteiger partial charge in [0.25, 0.3) is 0 Å². The van der Waals surface area contributed by atoms with E-state index in [0.29, 0.717) is 24.2 Å². The molecule has 0 unspecified atom stereocenters. The molecule has 0 aromatic heterocycles. The first-order chi connectivity index (χ1) is 18.1. The Morgan fingerprint density at radius 1 is 0.619 bits per heavy atom. The van der Waals surface area contributed by atoms with Gasteiger partial charge in [0.05, 0.1) is 16.5 Å². The molecule has 0 rings (SSSR count). The summed E-state index contributed by atoms with van der Waals surface area (Å²) in [4.78, 5) is 8.37. The van der Waals surface area contributed by atoms with E-state index in [1.165, 1.54) is 0 Å². The maximum absolute atomic E-state index is 4.85. The zero-order chi connectivity index (χ0) is 33.6. The summed E-state index contributed by atoms with van der Waals surface area (Å²) in [7, 11) is -5.73. The third kappa shape index (κ3) is 25.1. The summed E-state index contributed by atoms with van der Waals surface area (Å²) in [6.45, 7) is 51.6. The number of aliphatic imine (C=N–C) groups is 1. The average molecular weight is 736 g/mol. The van der Waals surface area contributed by atoms with Gasteiger partial charge in [0.1, 0.15) is 16.5 Å². The third-order valence-corrected chi connectivity index (χ3v) is 19.3. The summed E-state index contributed by atoms with van der Waals surface area (Å²) in [6, 6.07) is 1.37. The quantitative estimate of drug-likeness (QED) is 0.142. The molecule has 248 valence electrons. The second kappa shape index (κ2) is 22.4. The molecule has 0 heterocycles. The normalized spacial score (nSPS) is 13.3. The summed E-state index contributed by atoms with van der Waals surface area (Å²) in [5.74, 6) is 2.12.